The summed E-state index contributed by atoms with van der Waals surface area (Å²) in [6, 6.07) is 0. The average Bonchev–Trinajstić information content (AvgIpc) is 2.50. The zero-order valence-electron chi connectivity index (χ0n) is 14.0. The maximum Gasteiger partial charge on any atom is 0.305 e. The molecule has 0 amide bonds. The van der Waals surface area contributed by atoms with Gasteiger partial charge in [-0.25, -0.2) is 0 Å². The minimum Gasteiger partial charge on any atom is -0.469 e. The summed E-state index contributed by atoms with van der Waals surface area (Å²) in [5.41, 5.74) is 0. The molecule has 0 fully saturated rings. The molecule has 0 atom stereocenters. The molecule has 0 aliphatic carbocycles. The number of hydrogen-bond acceptors (Lipinski definition) is 4. The number of esters is 1. The lowest BCUT2D eigenvalue weighted by Gasteiger charge is -2.03. The van der Waals surface area contributed by atoms with Crippen LogP contribution in [0.5, 0.6) is 0 Å². The van der Waals surface area contributed by atoms with Crippen molar-refractivity contribution < 1.29 is 9.53 Å². The largest absolute Gasteiger partial charge is 0.469 e. The molecule has 0 N–H and O–H groups in total. The fraction of sp³-hybridized carbons (Fsp3) is 0.941. The fourth-order valence-electron chi connectivity index (χ4n) is 2.09. The minimum atomic E-state index is -0.0698. The molecule has 2 nitrogen and oxygen atoms in total. The number of thioether (sulfide) groups is 2. The van der Waals surface area contributed by atoms with Gasteiger partial charge in [-0.3, -0.25) is 4.79 Å². The van der Waals surface area contributed by atoms with Crippen LogP contribution in [0.25, 0.3) is 0 Å². The van der Waals surface area contributed by atoms with Crippen molar-refractivity contribution >= 4 is 29.5 Å². The molecule has 0 radical (unpaired) electrons. The van der Waals surface area contributed by atoms with Gasteiger partial charge >= 0.3 is 5.97 Å². The third kappa shape index (κ3) is 18.1. The summed E-state index contributed by atoms with van der Waals surface area (Å²) in [5.74, 6) is 2.59. The second kappa shape index (κ2) is 18.2. The number of carbonyl (C=O) groups excluding carboxylic acids is 1. The Morgan fingerprint density at radius 3 is 1.90 bits per heavy atom. The average molecular weight is 335 g/mol. The molecule has 0 bridgehead atoms. The fourth-order valence-corrected chi connectivity index (χ4v) is 4.32. The Morgan fingerprint density at radius 2 is 1.33 bits per heavy atom. The van der Waals surface area contributed by atoms with E-state index in [1.807, 2.05) is 0 Å². The molecule has 21 heavy (non-hydrogen) atoms. The lowest BCUT2D eigenvalue weighted by Crippen LogP contribution is -1.99. The lowest BCUT2D eigenvalue weighted by molar-refractivity contribution is -0.140. The predicted molar refractivity (Wildman–Crippen MR) is 98.3 cm³/mol. The van der Waals surface area contributed by atoms with Crippen LogP contribution in [-0.2, 0) is 9.53 Å². The molecule has 0 aliphatic heterocycles. The predicted octanol–water partition coefficient (Wildman–Crippen LogP) is 5.89. The van der Waals surface area contributed by atoms with Crippen LogP contribution >= 0.6 is 23.5 Å². The second-order valence-corrected chi connectivity index (χ2v) is 8.02. The third-order valence-corrected chi connectivity index (χ3v) is 5.94. The van der Waals surface area contributed by atoms with Crippen molar-refractivity contribution in [1.29, 1.82) is 0 Å². The van der Waals surface area contributed by atoms with Gasteiger partial charge in [-0.05, 0) is 30.8 Å². The highest BCUT2D eigenvalue weighted by Gasteiger charge is 1.99. The first-order valence-corrected chi connectivity index (χ1v) is 10.8. The SMILES string of the molecule is CCCCCSCSCCCCCCCCCC(=O)OC. The smallest absolute Gasteiger partial charge is 0.305 e. The van der Waals surface area contributed by atoms with Gasteiger partial charge in [0.05, 0.1) is 7.11 Å². The third-order valence-electron chi connectivity index (χ3n) is 3.46. The van der Waals surface area contributed by atoms with Gasteiger partial charge in [0.2, 0.25) is 0 Å². The van der Waals surface area contributed by atoms with Gasteiger partial charge in [-0.1, -0.05) is 51.9 Å². The zero-order valence-corrected chi connectivity index (χ0v) is 15.7. The number of methoxy groups -OCH3 is 1. The molecule has 4 heteroatoms. The highest BCUT2D eigenvalue weighted by Crippen LogP contribution is 2.16. The molecule has 0 aliphatic rings. The molecule has 0 unspecified atom stereocenters. The number of carbonyl (C=O) groups is 1. The lowest BCUT2D eigenvalue weighted by atomic mass is 10.1. The van der Waals surface area contributed by atoms with E-state index in [9.17, 15) is 4.79 Å². The van der Waals surface area contributed by atoms with Crippen LogP contribution in [0.2, 0.25) is 0 Å². The van der Waals surface area contributed by atoms with Crippen LogP contribution < -0.4 is 0 Å². The molecular formula is C17H34O2S2. The molecule has 0 saturated heterocycles. The standard InChI is InChI=1S/C17H34O2S2/c1-3-4-11-14-20-16-21-15-12-9-7-5-6-8-10-13-17(18)19-2/h3-16H2,1-2H3. The van der Waals surface area contributed by atoms with Crippen molar-refractivity contribution in [1.82, 2.24) is 0 Å². The molecular weight excluding hydrogens is 300 g/mol. The summed E-state index contributed by atoms with van der Waals surface area (Å²) in [7, 11) is 1.46. The Kier molecular flexibility index (Phi) is 18.4. The number of rotatable bonds is 16. The van der Waals surface area contributed by atoms with E-state index < -0.39 is 0 Å². The summed E-state index contributed by atoms with van der Waals surface area (Å²) < 4.78 is 4.63. The van der Waals surface area contributed by atoms with Gasteiger partial charge in [0, 0.05) is 11.5 Å². The molecule has 0 aromatic heterocycles. The van der Waals surface area contributed by atoms with E-state index in [1.165, 1.54) is 75.1 Å². The summed E-state index contributed by atoms with van der Waals surface area (Å²) in [4.78, 5) is 10.9. The van der Waals surface area contributed by atoms with Crippen LogP contribution in [0, 0.1) is 0 Å². The molecule has 0 aromatic carbocycles. The summed E-state index contributed by atoms with van der Waals surface area (Å²) in [6.07, 6.45) is 13.5. The van der Waals surface area contributed by atoms with Crippen LogP contribution in [0.4, 0.5) is 0 Å². The van der Waals surface area contributed by atoms with E-state index in [0.717, 1.165) is 12.8 Å². The van der Waals surface area contributed by atoms with Crippen molar-refractivity contribution in [2.24, 2.45) is 0 Å². The maximum atomic E-state index is 10.9. The molecule has 0 heterocycles. The van der Waals surface area contributed by atoms with Crippen molar-refractivity contribution in [3.8, 4) is 0 Å². The molecule has 126 valence electrons. The topological polar surface area (TPSA) is 26.3 Å². The molecule has 0 saturated carbocycles. The van der Waals surface area contributed by atoms with Crippen LogP contribution in [0.3, 0.4) is 0 Å². The summed E-state index contributed by atoms with van der Waals surface area (Å²) in [5, 5.41) is 1.28. The van der Waals surface area contributed by atoms with Crippen LogP contribution in [0.15, 0.2) is 0 Å². The van der Waals surface area contributed by atoms with E-state index in [-0.39, 0.29) is 5.97 Å². The van der Waals surface area contributed by atoms with Gasteiger partial charge in [0.1, 0.15) is 0 Å². The summed E-state index contributed by atoms with van der Waals surface area (Å²) in [6.45, 7) is 2.26. The van der Waals surface area contributed by atoms with E-state index in [2.05, 4.69) is 35.2 Å². The highest BCUT2D eigenvalue weighted by molar-refractivity contribution is 8.15. The Labute approximate surface area is 140 Å². The van der Waals surface area contributed by atoms with Crippen molar-refractivity contribution in [2.75, 3.05) is 23.7 Å². The van der Waals surface area contributed by atoms with Crippen LogP contribution in [-0.4, -0.2) is 29.7 Å². The van der Waals surface area contributed by atoms with Gasteiger partial charge in [0.15, 0.2) is 0 Å². The zero-order chi connectivity index (χ0) is 15.6. The van der Waals surface area contributed by atoms with E-state index >= 15 is 0 Å². The highest BCUT2D eigenvalue weighted by atomic mass is 32.2. The minimum absolute atomic E-state index is 0.0698. The first-order valence-electron chi connectivity index (χ1n) is 8.53. The summed E-state index contributed by atoms with van der Waals surface area (Å²) >= 11 is 4.20. The number of unbranched alkanes of at least 4 members (excludes halogenated alkanes) is 8. The Hall–Kier alpha value is 0.170. The molecule has 0 spiro atoms. The first-order chi connectivity index (χ1) is 10.3. The van der Waals surface area contributed by atoms with Gasteiger partial charge in [-0.2, -0.15) is 23.5 Å². The van der Waals surface area contributed by atoms with Crippen LogP contribution in [0.1, 0.15) is 77.6 Å². The first kappa shape index (κ1) is 21.2. The number of ether oxygens (including phenoxy) is 1. The van der Waals surface area contributed by atoms with Crippen molar-refractivity contribution in [3.63, 3.8) is 0 Å². The van der Waals surface area contributed by atoms with E-state index in [1.54, 1.807) is 0 Å². The monoisotopic (exact) mass is 334 g/mol. The molecule has 0 rings (SSSR count). The second-order valence-electron chi connectivity index (χ2n) is 5.44. The Balaban J connectivity index is 2.98. The normalized spacial score (nSPS) is 10.8. The quantitative estimate of drug-likeness (QED) is 0.199. The van der Waals surface area contributed by atoms with Crippen molar-refractivity contribution in [2.45, 2.75) is 77.6 Å². The van der Waals surface area contributed by atoms with E-state index in [4.69, 9.17) is 0 Å². The van der Waals surface area contributed by atoms with Gasteiger partial charge < -0.3 is 4.74 Å². The van der Waals surface area contributed by atoms with Gasteiger partial charge in [-0.15, -0.1) is 0 Å². The maximum absolute atomic E-state index is 10.9. The van der Waals surface area contributed by atoms with E-state index in [0.29, 0.717) is 6.42 Å². The molecule has 0 aromatic rings. The van der Waals surface area contributed by atoms with Crippen molar-refractivity contribution in [3.05, 3.63) is 0 Å². The van der Waals surface area contributed by atoms with Gasteiger partial charge in [0.25, 0.3) is 0 Å². The Bertz CT molecular complexity index is 223. The number of hydrogen-bond donors (Lipinski definition) is 0. The Morgan fingerprint density at radius 1 is 0.810 bits per heavy atom.